The summed E-state index contributed by atoms with van der Waals surface area (Å²) in [7, 11) is 1.21. The van der Waals surface area contributed by atoms with Gasteiger partial charge in [-0.25, -0.2) is 0 Å². The maximum absolute atomic E-state index is 13.7. The highest BCUT2D eigenvalue weighted by atomic mass is 31.2. The highest BCUT2D eigenvalue weighted by Gasteiger charge is 2.27. The molecule has 9 nitrogen and oxygen atoms in total. The van der Waals surface area contributed by atoms with Gasteiger partial charge >= 0.3 is 5.97 Å². The third-order valence-electron chi connectivity index (χ3n) is 18.9. The number of hydrogen-bond donors (Lipinski definition) is 1. The smallest absolute Gasteiger partial charge is 0.306 e. The molecule has 0 radical (unpaired) electrons. The van der Waals surface area contributed by atoms with Gasteiger partial charge in [-0.05, 0) is 57.4 Å². The van der Waals surface area contributed by atoms with Crippen LogP contribution in [-0.4, -0.2) is 69.4 Å². The summed E-state index contributed by atoms with van der Waals surface area (Å²) in [5, 5.41) is 3.07. The molecular weight excluding hydrogens is 1140 g/mol. The molecule has 0 saturated heterocycles. The Hall–Kier alpha value is -1.51. The summed E-state index contributed by atoms with van der Waals surface area (Å²) in [6.45, 7) is 6.94. The van der Waals surface area contributed by atoms with Crippen LogP contribution in [0.3, 0.4) is 0 Å². The van der Waals surface area contributed by atoms with E-state index in [1.165, 1.54) is 340 Å². The van der Waals surface area contributed by atoms with E-state index in [2.05, 4.69) is 38.2 Å². The van der Waals surface area contributed by atoms with Crippen molar-refractivity contribution in [2.24, 2.45) is 0 Å². The number of esters is 1. The molecule has 1 amide bonds. The normalized spacial score (nSPS) is 13.4. The van der Waals surface area contributed by atoms with Gasteiger partial charge in [0, 0.05) is 12.8 Å². The number of phosphoric acid groups is 1. The maximum atomic E-state index is 13.7. The molecule has 1 N–H and O–H groups in total. The average molecular weight is 1300 g/mol. The van der Waals surface area contributed by atoms with E-state index >= 15 is 0 Å². The van der Waals surface area contributed by atoms with Crippen LogP contribution in [0.2, 0.25) is 0 Å². The molecule has 0 rings (SSSR count). The van der Waals surface area contributed by atoms with Gasteiger partial charge in [-0.15, -0.1) is 0 Å². The third-order valence-corrected chi connectivity index (χ3v) is 19.8. The van der Waals surface area contributed by atoms with Crippen molar-refractivity contribution in [3.8, 4) is 0 Å². The summed E-state index contributed by atoms with van der Waals surface area (Å²) in [6.07, 6.45) is 89.0. The molecule has 0 aromatic heterocycles. The summed E-state index contributed by atoms with van der Waals surface area (Å²) >= 11 is 0. The Labute approximate surface area is 568 Å². The van der Waals surface area contributed by atoms with Crippen LogP contribution in [0.1, 0.15) is 432 Å². The second-order valence-electron chi connectivity index (χ2n) is 29.3. The van der Waals surface area contributed by atoms with Crippen LogP contribution in [0, 0.1) is 0 Å². The predicted molar refractivity (Wildman–Crippen MR) is 395 cm³/mol. The number of ether oxygens (including phenoxy) is 1. The van der Waals surface area contributed by atoms with Crippen molar-refractivity contribution in [1.29, 1.82) is 0 Å². The van der Waals surface area contributed by atoms with Gasteiger partial charge in [-0.3, -0.25) is 14.2 Å². The van der Waals surface area contributed by atoms with E-state index in [-0.39, 0.29) is 31.5 Å². The number of phosphoric ester groups is 1. The largest absolute Gasteiger partial charge is 0.756 e. The van der Waals surface area contributed by atoms with Crippen LogP contribution in [-0.2, 0) is 27.9 Å². The second kappa shape index (κ2) is 71.3. The zero-order valence-electron chi connectivity index (χ0n) is 62.1. The minimum absolute atomic E-state index is 0.0172. The molecule has 3 unspecified atom stereocenters. The number of rotatable bonds is 76. The number of nitrogens with one attached hydrogen (secondary N) is 1. The lowest BCUT2D eigenvalue weighted by Crippen LogP contribution is -2.47. The molecule has 0 aromatic rings. The van der Waals surface area contributed by atoms with Crippen LogP contribution in [0.4, 0.5) is 0 Å². The summed E-state index contributed by atoms with van der Waals surface area (Å²) in [4.78, 5) is 40.4. The molecule has 3 atom stereocenters. The van der Waals surface area contributed by atoms with E-state index in [1.807, 2.05) is 33.3 Å². The van der Waals surface area contributed by atoms with Gasteiger partial charge in [0.15, 0.2) is 0 Å². The minimum atomic E-state index is -4.70. The number of hydrogen-bond acceptors (Lipinski definition) is 7. The lowest BCUT2D eigenvalue weighted by Gasteiger charge is -2.30. The van der Waals surface area contributed by atoms with E-state index in [9.17, 15) is 19.0 Å². The van der Waals surface area contributed by atoms with Gasteiger partial charge in [-0.1, -0.05) is 386 Å². The fourth-order valence-electron chi connectivity index (χ4n) is 12.6. The van der Waals surface area contributed by atoms with Crippen molar-refractivity contribution in [3.63, 3.8) is 0 Å². The number of amides is 1. The number of carbonyl (C=O) groups excluding carboxylic acids is 2. The van der Waals surface area contributed by atoms with E-state index in [1.54, 1.807) is 0 Å². The summed E-state index contributed by atoms with van der Waals surface area (Å²) in [5.41, 5.74) is 0. The van der Waals surface area contributed by atoms with Crippen molar-refractivity contribution in [2.45, 2.75) is 444 Å². The van der Waals surface area contributed by atoms with Crippen molar-refractivity contribution in [2.75, 3.05) is 40.9 Å². The van der Waals surface area contributed by atoms with Gasteiger partial charge in [0.1, 0.15) is 19.3 Å². The van der Waals surface area contributed by atoms with Crippen LogP contribution in [0.15, 0.2) is 24.3 Å². The molecule has 91 heavy (non-hydrogen) atoms. The first kappa shape index (κ1) is 89.5. The molecular formula is C81H159N2O7P. The van der Waals surface area contributed by atoms with Crippen LogP contribution < -0.4 is 10.2 Å². The summed E-state index contributed by atoms with van der Waals surface area (Å²) in [6, 6.07) is -0.884. The van der Waals surface area contributed by atoms with E-state index in [0.717, 1.165) is 57.8 Å². The van der Waals surface area contributed by atoms with E-state index in [4.69, 9.17) is 13.8 Å². The zero-order chi connectivity index (χ0) is 66.3. The Kier molecular flexibility index (Phi) is 70.1. The first-order valence-corrected chi connectivity index (χ1v) is 42.1. The molecule has 0 aliphatic rings. The number of nitrogens with zero attached hydrogens (tertiary/aromatic N) is 1. The van der Waals surface area contributed by atoms with E-state index in [0.29, 0.717) is 17.4 Å². The predicted octanol–water partition coefficient (Wildman–Crippen LogP) is 25.7. The average Bonchev–Trinajstić information content (AvgIpc) is 3.73. The second-order valence-corrected chi connectivity index (χ2v) is 30.7. The minimum Gasteiger partial charge on any atom is -0.756 e. The van der Waals surface area contributed by atoms with Crippen molar-refractivity contribution >= 4 is 19.7 Å². The fraction of sp³-hybridized carbons (Fsp3) is 0.926. The molecule has 0 aromatic carbocycles. The van der Waals surface area contributed by atoms with Crippen LogP contribution in [0.5, 0.6) is 0 Å². The Morgan fingerprint density at radius 2 is 0.637 bits per heavy atom. The zero-order valence-corrected chi connectivity index (χ0v) is 63.0. The topological polar surface area (TPSA) is 114 Å². The first-order valence-electron chi connectivity index (χ1n) is 40.6. The molecule has 0 spiro atoms. The van der Waals surface area contributed by atoms with Gasteiger partial charge in [-0.2, -0.15) is 0 Å². The number of allylic oxidation sites excluding steroid dienone is 3. The lowest BCUT2D eigenvalue weighted by atomic mass is 10.0. The number of likely N-dealkylation sites (N-methyl/N-ethyl adjacent to an activating group) is 1. The molecule has 0 aliphatic carbocycles. The Balaban J connectivity index is 4.90. The molecule has 0 heterocycles. The molecule has 10 heteroatoms. The Morgan fingerprint density at radius 3 is 0.934 bits per heavy atom. The van der Waals surface area contributed by atoms with Crippen molar-refractivity contribution < 1.29 is 37.3 Å². The fourth-order valence-corrected chi connectivity index (χ4v) is 13.4. The Morgan fingerprint density at radius 1 is 0.374 bits per heavy atom. The third kappa shape index (κ3) is 72.6. The maximum Gasteiger partial charge on any atom is 0.306 e. The SMILES string of the molecule is CCCCCCCC/C=C/CCCCCCCCCCCCCCCCCCCC(=O)OC(/C=C/CCCCCCCCCCCCC)C(COP(=O)([O-])OCC[N+](C)(C)C)NC(=O)CCCCCCCCCCCCCCCCCCCCCCCCCCC. The quantitative estimate of drug-likeness (QED) is 0.0212. The number of unbranched alkanes of at least 4 members (excludes halogenated alkanes) is 58. The van der Waals surface area contributed by atoms with Gasteiger partial charge < -0.3 is 28.5 Å². The standard InChI is InChI=1S/C81H159N2O7P/c1-7-10-13-16-19-22-25-28-30-32-34-36-38-40-41-43-45-47-49-51-53-56-59-62-65-68-71-74-81(85)90-79(72-69-66-63-60-57-54-27-24-21-18-15-12-9-3)78(77-89-91(86,87)88-76-75-83(4,5)6)82-80(84)73-70-67-64-61-58-55-52-50-48-46-44-42-39-37-35-33-31-29-26-23-20-17-14-11-8-2/h28,30,69,72,78-79H,7-27,29,31-68,70-71,73-77H2,1-6H3,(H-,82,84,86,87)/b30-28+,72-69+. The summed E-state index contributed by atoms with van der Waals surface area (Å²) < 4.78 is 30.6. The molecule has 0 bridgehead atoms. The Bertz CT molecular complexity index is 1600. The molecule has 540 valence electrons. The highest BCUT2D eigenvalue weighted by molar-refractivity contribution is 7.45. The first-order chi connectivity index (χ1) is 44.4. The van der Waals surface area contributed by atoms with Crippen LogP contribution >= 0.6 is 7.82 Å². The van der Waals surface area contributed by atoms with Gasteiger partial charge in [0.05, 0.1) is 33.8 Å². The molecule has 0 aliphatic heterocycles. The summed E-state index contributed by atoms with van der Waals surface area (Å²) in [5.74, 6) is -0.510. The number of quaternary nitrogens is 1. The monoisotopic (exact) mass is 1300 g/mol. The number of carbonyl (C=O) groups is 2. The molecule has 0 fully saturated rings. The van der Waals surface area contributed by atoms with Crippen molar-refractivity contribution in [3.05, 3.63) is 24.3 Å². The lowest BCUT2D eigenvalue weighted by molar-refractivity contribution is -0.870. The van der Waals surface area contributed by atoms with Crippen molar-refractivity contribution in [1.82, 2.24) is 5.32 Å². The highest BCUT2D eigenvalue weighted by Crippen LogP contribution is 2.38. The van der Waals surface area contributed by atoms with Gasteiger partial charge in [0.25, 0.3) is 7.82 Å². The van der Waals surface area contributed by atoms with Crippen LogP contribution in [0.25, 0.3) is 0 Å². The van der Waals surface area contributed by atoms with Gasteiger partial charge in [0.2, 0.25) is 5.91 Å². The molecule has 0 saturated carbocycles. The van der Waals surface area contributed by atoms with E-state index < -0.39 is 20.0 Å².